The molecule has 35 heavy (non-hydrogen) atoms. The maximum atomic E-state index is 8.26. The molecule has 170 valence electrons. The van der Waals surface area contributed by atoms with Gasteiger partial charge in [0, 0.05) is 30.6 Å². The molecule has 0 bridgehead atoms. The van der Waals surface area contributed by atoms with E-state index in [4.69, 9.17) is 12.6 Å². The fourth-order valence-electron chi connectivity index (χ4n) is 4.91. The molecule has 2 nitrogen and oxygen atoms in total. The average molecular weight is 461 g/mol. The van der Waals surface area contributed by atoms with Gasteiger partial charge < -0.3 is 4.42 Å². The monoisotopic (exact) mass is 460 g/mol. The van der Waals surface area contributed by atoms with Crippen LogP contribution in [0.15, 0.2) is 102 Å². The second-order valence-electron chi connectivity index (χ2n) is 8.96. The Labute approximate surface area is 214 Å². The Bertz CT molecular complexity index is 1930. The highest BCUT2D eigenvalue weighted by molar-refractivity contribution is 6.10. The number of rotatable bonds is 3. The molecule has 6 rings (SSSR count). The summed E-state index contributed by atoms with van der Waals surface area (Å²) in [5.41, 5.74) is 7.02. The third-order valence-electron chi connectivity index (χ3n) is 6.70. The van der Waals surface area contributed by atoms with Crippen LogP contribution >= 0.6 is 0 Å². The zero-order valence-corrected chi connectivity index (χ0v) is 19.6. The van der Waals surface area contributed by atoms with Crippen molar-refractivity contribution >= 4 is 21.9 Å². The van der Waals surface area contributed by atoms with Crippen molar-refractivity contribution in [2.45, 2.75) is 20.6 Å². The van der Waals surface area contributed by atoms with Crippen LogP contribution in [-0.4, -0.2) is 0 Å². The molecule has 0 aliphatic carbocycles. The van der Waals surface area contributed by atoms with E-state index in [0.29, 0.717) is 16.7 Å². The van der Waals surface area contributed by atoms with Crippen LogP contribution in [0.1, 0.15) is 24.9 Å². The van der Waals surface area contributed by atoms with E-state index in [0.717, 1.165) is 44.3 Å². The molecule has 6 aromatic rings. The number of furan rings is 1. The van der Waals surface area contributed by atoms with Crippen LogP contribution in [0.5, 0.6) is 0 Å². The van der Waals surface area contributed by atoms with E-state index in [2.05, 4.69) is 24.3 Å². The maximum Gasteiger partial charge on any atom is 0.216 e. The van der Waals surface area contributed by atoms with Gasteiger partial charge in [0.15, 0.2) is 6.20 Å². The van der Waals surface area contributed by atoms with Crippen LogP contribution in [0, 0.1) is 20.6 Å². The van der Waals surface area contributed by atoms with Gasteiger partial charge in [0.25, 0.3) is 0 Å². The molecular formula is C33H28NO+. The lowest BCUT2D eigenvalue weighted by Crippen LogP contribution is -2.31. The summed E-state index contributed by atoms with van der Waals surface area (Å²) in [7, 11) is 1.80. The van der Waals surface area contributed by atoms with Crippen molar-refractivity contribution in [3.8, 4) is 33.5 Å². The highest BCUT2D eigenvalue weighted by Gasteiger charge is 2.23. The van der Waals surface area contributed by atoms with Crippen LogP contribution in [0.2, 0.25) is 0 Å². The molecule has 0 fully saturated rings. The molecule has 0 aliphatic heterocycles. The fraction of sp³-hybridized carbons (Fsp3) is 0.121. The van der Waals surface area contributed by atoms with Gasteiger partial charge in [-0.1, -0.05) is 72.8 Å². The summed E-state index contributed by atoms with van der Waals surface area (Å²) in [6.07, 6.45) is 1.59. The van der Waals surface area contributed by atoms with Gasteiger partial charge in [-0.2, -0.15) is 0 Å². The molecule has 0 N–H and O–H groups in total. The van der Waals surface area contributed by atoms with Gasteiger partial charge in [0.1, 0.15) is 18.2 Å². The van der Waals surface area contributed by atoms with Crippen molar-refractivity contribution in [3.63, 3.8) is 0 Å². The second-order valence-corrected chi connectivity index (χ2v) is 8.96. The van der Waals surface area contributed by atoms with Crippen molar-refractivity contribution < 1.29 is 17.2 Å². The van der Waals surface area contributed by atoms with E-state index in [-0.39, 0.29) is 11.1 Å². The summed E-state index contributed by atoms with van der Waals surface area (Å²) in [4.78, 5) is 0. The van der Waals surface area contributed by atoms with Crippen molar-refractivity contribution in [3.05, 3.63) is 114 Å². The molecule has 0 aliphatic rings. The highest BCUT2D eigenvalue weighted by atomic mass is 16.3. The number of hydrogen-bond donors (Lipinski definition) is 0. The highest BCUT2D eigenvalue weighted by Crippen LogP contribution is 2.39. The SMILES string of the molecule is [2H]C([2H])([2H])c1ccccc1-c1cc(-c2c(C)ccc3c2oc2cc(-c4ccccc4)ccc23)[n+](C)cc1C([2H])([2H])[2H]. The molecule has 2 heterocycles. The van der Waals surface area contributed by atoms with Gasteiger partial charge in [-0.25, -0.2) is 4.57 Å². The lowest BCUT2D eigenvalue weighted by molar-refractivity contribution is -0.660. The lowest BCUT2D eigenvalue weighted by Gasteiger charge is -2.12. The smallest absolute Gasteiger partial charge is 0.216 e. The van der Waals surface area contributed by atoms with E-state index in [1.807, 2.05) is 43.3 Å². The van der Waals surface area contributed by atoms with E-state index in [1.54, 1.807) is 42.1 Å². The van der Waals surface area contributed by atoms with Crippen LogP contribution in [0.25, 0.3) is 55.4 Å². The summed E-state index contributed by atoms with van der Waals surface area (Å²) in [5, 5.41) is 1.93. The first-order valence-electron chi connectivity index (χ1n) is 14.6. The summed E-state index contributed by atoms with van der Waals surface area (Å²) in [6, 6.07) is 28.8. The Morgan fingerprint density at radius 1 is 0.686 bits per heavy atom. The molecule has 2 heteroatoms. The van der Waals surface area contributed by atoms with E-state index >= 15 is 0 Å². The van der Waals surface area contributed by atoms with Gasteiger partial charge in [-0.3, -0.25) is 0 Å². The molecule has 0 spiro atoms. The molecule has 0 saturated heterocycles. The van der Waals surface area contributed by atoms with Crippen molar-refractivity contribution in [1.82, 2.24) is 0 Å². The molecule has 2 aromatic heterocycles. The normalized spacial score (nSPS) is 14.7. The van der Waals surface area contributed by atoms with Crippen LogP contribution in [0.4, 0.5) is 0 Å². The zero-order valence-electron chi connectivity index (χ0n) is 25.6. The molecule has 4 aromatic carbocycles. The van der Waals surface area contributed by atoms with Crippen LogP contribution in [-0.2, 0) is 7.05 Å². The Hall–Kier alpha value is -4.17. The molecule has 0 atom stereocenters. The maximum absolute atomic E-state index is 8.26. The van der Waals surface area contributed by atoms with Crippen LogP contribution < -0.4 is 4.57 Å². The number of aryl methyl sites for hydroxylation is 4. The topological polar surface area (TPSA) is 17.0 Å². The first-order valence-corrected chi connectivity index (χ1v) is 11.6. The summed E-state index contributed by atoms with van der Waals surface area (Å²) in [5.74, 6) is 0. The largest absolute Gasteiger partial charge is 0.455 e. The molecule has 0 saturated carbocycles. The summed E-state index contributed by atoms with van der Waals surface area (Å²) in [6.45, 7) is -2.88. The van der Waals surface area contributed by atoms with E-state index in [1.165, 1.54) is 6.07 Å². The minimum absolute atomic E-state index is 0.0855. The first-order chi connectivity index (χ1) is 19.4. The van der Waals surface area contributed by atoms with Crippen molar-refractivity contribution in [2.75, 3.05) is 0 Å². The summed E-state index contributed by atoms with van der Waals surface area (Å²) < 4.78 is 57.4. The third-order valence-corrected chi connectivity index (χ3v) is 6.70. The van der Waals surface area contributed by atoms with E-state index < -0.39 is 13.7 Å². The van der Waals surface area contributed by atoms with Gasteiger partial charge in [0.05, 0.1) is 5.56 Å². The average Bonchev–Trinajstić information content (AvgIpc) is 3.30. The van der Waals surface area contributed by atoms with Gasteiger partial charge in [0.2, 0.25) is 5.69 Å². The number of pyridine rings is 1. The van der Waals surface area contributed by atoms with Crippen LogP contribution in [0.3, 0.4) is 0 Å². The number of benzene rings is 4. The fourth-order valence-corrected chi connectivity index (χ4v) is 4.91. The number of fused-ring (bicyclic) bond motifs is 3. The van der Waals surface area contributed by atoms with Crippen molar-refractivity contribution in [2.24, 2.45) is 7.05 Å². The Morgan fingerprint density at radius 2 is 1.46 bits per heavy atom. The van der Waals surface area contributed by atoms with Crippen molar-refractivity contribution in [1.29, 1.82) is 0 Å². The molecule has 0 radical (unpaired) electrons. The molecule has 0 unspecified atom stereocenters. The summed E-state index contributed by atoms with van der Waals surface area (Å²) >= 11 is 0. The zero-order chi connectivity index (χ0) is 29.1. The minimum atomic E-state index is -2.46. The first kappa shape index (κ1) is 15.7. The minimum Gasteiger partial charge on any atom is -0.455 e. The Morgan fingerprint density at radius 3 is 2.29 bits per heavy atom. The number of nitrogens with zero attached hydrogens (tertiary/aromatic N) is 1. The Kier molecular flexibility index (Phi) is 3.69. The van der Waals surface area contributed by atoms with E-state index in [9.17, 15) is 0 Å². The Balaban J connectivity index is 1.63. The predicted molar refractivity (Wildman–Crippen MR) is 145 cm³/mol. The number of aromatic nitrogens is 1. The predicted octanol–water partition coefficient (Wildman–Crippen LogP) is 8.34. The second kappa shape index (κ2) is 8.25. The quantitative estimate of drug-likeness (QED) is 0.243. The van der Waals surface area contributed by atoms with Gasteiger partial charge >= 0.3 is 0 Å². The molecule has 0 amide bonds. The number of hydrogen-bond acceptors (Lipinski definition) is 1. The van der Waals surface area contributed by atoms with Gasteiger partial charge in [-0.15, -0.1) is 0 Å². The third kappa shape index (κ3) is 3.54. The standard InChI is InChI=1S/C33H28NO/c1-21-10-8-9-13-26(21)29-19-30(34(4)20-23(29)3)32-22(2)14-16-28-27-17-15-25(18-31(27)35-33(28)32)24-11-6-5-7-12-24/h5-20H,1-4H3/q+1/i1D3,3D3. The molecular weight excluding hydrogens is 426 g/mol. The lowest BCUT2D eigenvalue weighted by atomic mass is 9.94. The van der Waals surface area contributed by atoms with Gasteiger partial charge in [-0.05, 0) is 66.1 Å².